The van der Waals surface area contributed by atoms with E-state index in [1.807, 2.05) is 18.3 Å². The minimum atomic E-state index is 0.513. The molecule has 3 aromatic heterocycles. The summed E-state index contributed by atoms with van der Waals surface area (Å²) in [5.74, 6) is 7.80. The quantitative estimate of drug-likeness (QED) is 0.578. The third-order valence-electron chi connectivity index (χ3n) is 2.50. The Bertz CT molecular complexity index is 650. The van der Waals surface area contributed by atoms with Gasteiger partial charge in [-0.25, -0.2) is 4.68 Å². The normalized spacial score (nSPS) is 10.7. The lowest BCUT2D eigenvalue weighted by Crippen LogP contribution is -2.11. The van der Waals surface area contributed by atoms with E-state index in [4.69, 9.17) is 10.3 Å². The summed E-state index contributed by atoms with van der Waals surface area (Å²) in [6.45, 7) is 0. The summed E-state index contributed by atoms with van der Waals surface area (Å²) in [5, 5.41) is 8.72. The van der Waals surface area contributed by atoms with Crippen molar-refractivity contribution < 1.29 is 4.42 Å². The molecular weight excluding hydrogens is 262 g/mol. The van der Waals surface area contributed by atoms with Crippen LogP contribution in [0.3, 0.4) is 0 Å². The van der Waals surface area contributed by atoms with E-state index in [1.54, 1.807) is 24.6 Å². The van der Waals surface area contributed by atoms with Gasteiger partial charge in [0.15, 0.2) is 5.76 Å². The Morgan fingerprint density at radius 2 is 2.21 bits per heavy atom. The van der Waals surface area contributed by atoms with Crippen LogP contribution in [0.1, 0.15) is 5.56 Å². The van der Waals surface area contributed by atoms with Gasteiger partial charge < -0.3 is 10.3 Å². The van der Waals surface area contributed by atoms with Gasteiger partial charge in [-0.1, -0.05) is 17.8 Å². The van der Waals surface area contributed by atoms with E-state index in [-0.39, 0.29) is 0 Å². The first kappa shape index (κ1) is 11.8. The van der Waals surface area contributed by atoms with Crippen molar-refractivity contribution in [2.45, 2.75) is 10.9 Å². The molecule has 2 N–H and O–H groups in total. The Kier molecular flexibility index (Phi) is 3.20. The van der Waals surface area contributed by atoms with Crippen molar-refractivity contribution in [2.75, 3.05) is 5.84 Å². The van der Waals surface area contributed by atoms with Crippen molar-refractivity contribution in [2.24, 2.45) is 0 Å². The van der Waals surface area contributed by atoms with Gasteiger partial charge in [0.2, 0.25) is 11.0 Å². The molecule has 96 valence electrons. The number of rotatable bonds is 4. The molecule has 0 bridgehead atoms. The Labute approximate surface area is 113 Å². The summed E-state index contributed by atoms with van der Waals surface area (Å²) in [4.78, 5) is 4.06. The topological polar surface area (TPSA) is 82.8 Å². The fourth-order valence-corrected chi connectivity index (χ4v) is 2.37. The molecule has 7 heteroatoms. The van der Waals surface area contributed by atoms with Crippen LogP contribution in [0, 0.1) is 0 Å². The third-order valence-corrected chi connectivity index (χ3v) is 3.51. The molecule has 0 atom stereocenters. The molecule has 3 aromatic rings. The summed E-state index contributed by atoms with van der Waals surface area (Å²) in [6, 6.07) is 7.48. The average Bonchev–Trinajstić information content (AvgIpc) is 3.07. The fraction of sp³-hybridized carbons (Fsp3) is 0.0833. The molecule has 6 nitrogen and oxygen atoms in total. The zero-order valence-electron chi connectivity index (χ0n) is 9.93. The minimum absolute atomic E-state index is 0.513. The van der Waals surface area contributed by atoms with Crippen molar-refractivity contribution >= 4 is 11.8 Å². The van der Waals surface area contributed by atoms with Gasteiger partial charge >= 0.3 is 0 Å². The van der Waals surface area contributed by atoms with Gasteiger partial charge in [-0.3, -0.25) is 4.98 Å². The first-order valence-corrected chi connectivity index (χ1v) is 6.59. The van der Waals surface area contributed by atoms with Gasteiger partial charge in [0.25, 0.3) is 0 Å². The number of hydrogen-bond acceptors (Lipinski definition) is 6. The average molecular weight is 273 g/mol. The fourth-order valence-electron chi connectivity index (χ4n) is 1.58. The molecule has 0 fully saturated rings. The van der Waals surface area contributed by atoms with Crippen molar-refractivity contribution in [3.8, 4) is 11.6 Å². The summed E-state index contributed by atoms with van der Waals surface area (Å²) < 4.78 is 6.68. The Morgan fingerprint density at radius 3 is 2.95 bits per heavy atom. The van der Waals surface area contributed by atoms with Crippen LogP contribution in [0.5, 0.6) is 0 Å². The maximum absolute atomic E-state index is 5.95. The van der Waals surface area contributed by atoms with Crippen LogP contribution < -0.4 is 5.84 Å². The zero-order valence-corrected chi connectivity index (χ0v) is 10.7. The largest absolute Gasteiger partial charge is 0.461 e. The van der Waals surface area contributed by atoms with E-state index in [0.717, 1.165) is 11.3 Å². The SMILES string of the molecule is Nn1c(SCc2cccnc2)nnc1-c1ccco1. The van der Waals surface area contributed by atoms with Crippen molar-refractivity contribution in [3.63, 3.8) is 0 Å². The second kappa shape index (κ2) is 5.15. The van der Waals surface area contributed by atoms with E-state index in [9.17, 15) is 0 Å². The Balaban J connectivity index is 1.76. The van der Waals surface area contributed by atoms with E-state index in [2.05, 4.69) is 15.2 Å². The second-order valence-corrected chi connectivity index (χ2v) is 4.75. The molecule has 0 saturated carbocycles. The van der Waals surface area contributed by atoms with Gasteiger partial charge in [-0.05, 0) is 23.8 Å². The maximum Gasteiger partial charge on any atom is 0.218 e. The molecule has 0 saturated heterocycles. The van der Waals surface area contributed by atoms with Crippen molar-refractivity contribution in [1.29, 1.82) is 0 Å². The monoisotopic (exact) mass is 273 g/mol. The van der Waals surface area contributed by atoms with E-state index in [0.29, 0.717) is 16.7 Å². The highest BCUT2D eigenvalue weighted by Crippen LogP contribution is 2.24. The molecule has 0 amide bonds. The van der Waals surface area contributed by atoms with Crippen LogP contribution in [0.15, 0.2) is 52.5 Å². The predicted octanol–water partition coefficient (Wildman–Crippen LogP) is 1.94. The number of nitrogens with zero attached hydrogens (tertiary/aromatic N) is 4. The van der Waals surface area contributed by atoms with Crippen molar-refractivity contribution in [1.82, 2.24) is 19.9 Å². The summed E-state index contributed by atoms with van der Waals surface area (Å²) in [6.07, 6.45) is 5.14. The van der Waals surface area contributed by atoms with Crippen LogP contribution in [0.25, 0.3) is 11.6 Å². The molecule has 0 spiro atoms. The van der Waals surface area contributed by atoms with Gasteiger partial charge in [-0.15, -0.1) is 10.2 Å². The minimum Gasteiger partial charge on any atom is -0.461 e. The van der Waals surface area contributed by atoms with E-state index in [1.165, 1.54) is 16.4 Å². The predicted molar refractivity (Wildman–Crippen MR) is 71.7 cm³/mol. The van der Waals surface area contributed by atoms with Gasteiger partial charge in [-0.2, -0.15) is 0 Å². The van der Waals surface area contributed by atoms with E-state index < -0.39 is 0 Å². The number of hydrogen-bond donors (Lipinski definition) is 1. The lowest BCUT2D eigenvalue weighted by atomic mass is 10.3. The molecular formula is C12H11N5OS. The molecule has 19 heavy (non-hydrogen) atoms. The third kappa shape index (κ3) is 2.45. The second-order valence-electron chi connectivity index (χ2n) is 3.80. The van der Waals surface area contributed by atoms with E-state index >= 15 is 0 Å². The highest BCUT2D eigenvalue weighted by atomic mass is 32.2. The Morgan fingerprint density at radius 1 is 1.26 bits per heavy atom. The molecule has 3 rings (SSSR count). The number of aromatic nitrogens is 4. The number of furan rings is 1. The molecule has 0 aliphatic heterocycles. The summed E-state index contributed by atoms with van der Waals surface area (Å²) in [7, 11) is 0. The summed E-state index contributed by atoms with van der Waals surface area (Å²) in [5.41, 5.74) is 1.11. The van der Waals surface area contributed by atoms with Crippen LogP contribution >= 0.6 is 11.8 Å². The molecule has 0 aromatic carbocycles. The number of nitrogen functional groups attached to an aromatic ring is 1. The van der Waals surface area contributed by atoms with Crippen molar-refractivity contribution in [3.05, 3.63) is 48.5 Å². The molecule has 0 aliphatic rings. The maximum atomic E-state index is 5.95. The molecule has 3 heterocycles. The van der Waals surface area contributed by atoms with Gasteiger partial charge in [0.1, 0.15) is 0 Å². The van der Waals surface area contributed by atoms with Crippen LogP contribution in [0.4, 0.5) is 0 Å². The smallest absolute Gasteiger partial charge is 0.218 e. The highest BCUT2D eigenvalue weighted by molar-refractivity contribution is 7.98. The standard InChI is InChI=1S/C12H11N5OS/c13-17-11(10-4-2-6-18-10)15-16-12(17)19-8-9-3-1-5-14-7-9/h1-7H,8,13H2. The molecule has 0 radical (unpaired) electrons. The molecule has 0 aliphatic carbocycles. The summed E-state index contributed by atoms with van der Waals surface area (Å²) >= 11 is 1.50. The lowest BCUT2D eigenvalue weighted by molar-refractivity contribution is 0.574. The van der Waals surface area contributed by atoms with Gasteiger partial charge in [0, 0.05) is 18.1 Å². The van der Waals surface area contributed by atoms with Gasteiger partial charge in [0.05, 0.1) is 6.26 Å². The van der Waals surface area contributed by atoms with Crippen LogP contribution in [-0.4, -0.2) is 19.9 Å². The molecule has 0 unspecified atom stereocenters. The first-order chi connectivity index (χ1) is 9.34. The van der Waals surface area contributed by atoms with Crippen LogP contribution in [0.2, 0.25) is 0 Å². The van der Waals surface area contributed by atoms with Crippen LogP contribution in [-0.2, 0) is 5.75 Å². The lowest BCUT2D eigenvalue weighted by Gasteiger charge is -2.01. The number of nitrogens with two attached hydrogens (primary N) is 1. The highest BCUT2D eigenvalue weighted by Gasteiger charge is 2.13. The number of pyridine rings is 1. The zero-order chi connectivity index (χ0) is 13.1. The number of thioether (sulfide) groups is 1. The Hall–Kier alpha value is -2.28. The first-order valence-electron chi connectivity index (χ1n) is 5.60.